The molecule has 2 aliphatic carbocycles. The molecule has 0 amide bonds. The first-order chi connectivity index (χ1) is 6.84. The van der Waals surface area contributed by atoms with Gasteiger partial charge in [-0.15, -0.1) is 0 Å². The summed E-state index contributed by atoms with van der Waals surface area (Å²) in [5.74, 6) is 0.971. The van der Waals surface area contributed by atoms with E-state index in [4.69, 9.17) is 0 Å². The van der Waals surface area contributed by atoms with Gasteiger partial charge in [-0.3, -0.25) is 0 Å². The van der Waals surface area contributed by atoms with Crippen molar-refractivity contribution >= 4 is 0 Å². The lowest BCUT2D eigenvalue weighted by atomic mass is 10.1. The molecule has 2 aliphatic rings. The Kier molecular flexibility index (Phi) is 3.86. The third-order valence-electron chi connectivity index (χ3n) is 4.02. The van der Waals surface area contributed by atoms with Crippen molar-refractivity contribution in [1.29, 1.82) is 0 Å². The highest BCUT2D eigenvalue weighted by atomic mass is 15.0. The van der Waals surface area contributed by atoms with Gasteiger partial charge in [0.15, 0.2) is 0 Å². The van der Waals surface area contributed by atoms with Crippen molar-refractivity contribution < 1.29 is 0 Å². The first-order valence-electron chi connectivity index (χ1n) is 6.60. The highest BCUT2D eigenvalue weighted by Gasteiger charge is 2.23. The van der Waals surface area contributed by atoms with Crippen LogP contribution in [0.4, 0.5) is 0 Å². The molecule has 0 spiro atoms. The van der Waals surface area contributed by atoms with Gasteiger partial charge in [0.25, 0.3) is 0 Å². The molecule has 1 heteroatoms. The van der Waals surface area contributed by atoms with Gasteiger partial charge >= 0.3 is 0 Å². The van der Waals surface area contributed by atoms with Gasteiger partial charge in [0, 0.05) is 12.1 Å². The van der Waals surface area contributed by atoms with Gasteiger partial charge in [-0.25, -0.2) is 0 Å². The fourth-order valence-corrected chi connectivity index (χ4v) is 3.14. The van der Waals surface area contributed by atoms with Crippen LogP contribution in [-0.2, 0) is 0 Å². The monoisotopic (exact) mass is 195 g/mol. The summed E-state index contributed by atoms with van der Waals surface area (Å²) in [4.78, 5) is 0. The Morgan fingerprint density at radius 3 is 2.07 bits per heavy atom. The predicted molar refractivity (Wildman–Crippen MR) is 61.4 cm³/mol. The standard InChI is InChI=1S/C13H25N/c1-11-8-9-13(10-11)14-12-6-4-2-3-5-7-12/h11-14H,2-10H2,1H3/t11-,13+/m1/s1. The molecule has 0 aromatic rings. The lowest BCUT2D eigenvalue weighted by molar-refractivity contribution is 0.390. The molecule has 2 saturated carbocycles. The van der Waals surface area contributed by atoms with E-state index in [0.29, 0.717) is 0 Å². The van der Waals surface area contributed by atoms with Crippen LogP contribution in [0.3, 0.4) is 0 Å². The third kappa shape index (κ3) is 2.98. The minimum absolute atomic E-state index is 0.854. The summed E-state index contributed by atoms with van der Waals surface area (Å²) >= 11 is 0. The van der Waals surface area contributed by atoms with E-state index in [1.165, 1.54) is 57.8 Å². The highest BCUT2D eigenvalue weighted by Crippen LogP contribution is 2.26. The second kappa shape index (κ2) is 5.16. The van der Waals surface area contributed by atoms with E-state index < -0.39 is 0 Å². The Balaban J connectivity index is 1.72. The first kappa shape index (κ1) is 10.5. The summed E-state index contributed by atoms with van der Waals surface area (Å²) in [6, 6.07) is 1.71. The number of hydrogen-bond donors (Lipinski definition) is 1. The zero-order valence-corrected chi connectivity index (χ0v) is 9.60. The van der Waals surface area contributed by atoms with E-state index in [1.54, 1.807) is 0 Å². The Labute approximate surface area is 88.7 Å². The topological polar surface area (TPSA) is 12.0 Å². The maximum absolute atomic E-state index is 3.89. The van der Waals surface area contributed by atoms with E-state index in [0.717, 1.165) is 18.0 Å². The summed E-state index contributed by atoms with van der Waals surface area (Å²) in [7, 11) is 0. The lowest BCUT2D eigenvalue weighted by Gasteiger charge is -2.21. The second-order valence-corrected chi connectivity index (χ2v) is 5.47. The Hall–Kier alpha value is -0.0400. The summed E-state index contributed by atoms with van der Waals surface area (Å²) in [6.07, 6.45) is 13.0. The molecule has 0 bridgehead atoms. The third-order valence-corrected chi connectivity index (χ3v) is 4.02. The molecule has 0 saturated heterocycles. The normalized spacial score (nSPS) is 35.8. The van der Waals surface area contributed by atoms with Crippen LogP contribution in [0.25, 0.3) is 0 Å². The van der Waals surface area contributed by atoms with Crippen LogP contribution in [0.1, 0.15) is 64.7 Å². The Morgan fingerprint density at radius 1 is 0.786 bits per heavy atom. The van der Waals surface area contributed by atoms with Gasteiger partial charge in [-0.05, 0) is 38.0 Å². The zero-order valence-electron chi connectivity index (χ0n) is 9.60. The molecule has 2 fully saturated rings. The molecular formula is C13H25N. The quantitative estimate of drug-likeness (QED) is 0.665. The molecule has 1 N–H and O–H groups in total. The summed E-state index contributed by atoms with van der Waals surface area (Å²) < 4.78 is 0. The average molecular weight is 195 g/mol. The van der Waals surface area contributed by atoms with Gasteiger partial charge in [-0.1, -0.05) is 32.6 Å². The van der Waals surface area contributed by atoms with Crippen molar-refractivity contribution in [3.8, 4) is 0 Å². The highest BCUT2D eigenvalue weighted by molar-refractivity contribution is 4.82. The van der Waals surface area contributed by atoms with Crippen LogP contribution in [0.2, 0.25) is 0 Å². The lowest BCUT2D eigenvalue weighted by Crippen LogP contribution is -2.36. The van der Waals surface area contributed by atoms with Gasteiger partial charge in [-0.2, -0.15) is 0 Å². The van der Waals surface area contributed by atoms with Crippen molar-refractivity contribution in [3.05, 3.63) is 0 Å². The molecule has 0 aromatic carbocycles. The maximum atomic E-state index is 3.89. The van der Waals surface area contributed by atoms with Gasteiger partial charge in [0.05, 0.1) is 0 Å². The largest absolute Gasteiger partial charge is 0.311 e. The van der Waals surface area contributed by atoms with E-state index in [-0.39, 0.29) is 0 Å². The molecule has 0 heterocycles. The van der Waals surface area contributed by atoms with E-state index in [1.807, 2.05) is 0 Å². The first-order valence-corrected chi connectivity index (χ1v) is 6.60. The minimum Gasteiger partial charge on any atom is -0.311 e. The van der Waals surface area contributed by atoms with Crippen molar-refractivity contribution in [1.82, 2.24) is 5.32 Å². The Morgan fingerprint density at radius 2 is 1.50 bits per heavy atom. The summed E-state index contributed by atoms with van der Waals surface area (Å²) in [5.41, 5.74) is 0. The van der Waals surface area contributed by atoms with Crippen LogP contribution in [0.5, 0.6) is 0 Å². The SMILES string of the molecule is C[C@@H]1CC[C@H](NC2CCCCCC2)C1. The number of nitrogens with one attached hydrogen (secondary N) is 1. The molecule has 0 aromatic heterocycles. The van der Waals surface area contributed by atoms with Crippen molar-refractivity contribution in [2.24, 2.45) is 5.92 Å². The van der Waals surface area contributed by atoms with Crippen molar-refractivity contribution in [3.63, 3.8) is 0 Å². The molecule has 1 nitrogen and oxygen atoms in total. The van der Waals surface area contributed by atoms with Crippen LogP contribution < -0.4 is 5.32 Å². The Bertz CT molecular complexity index is 159. The van der Waals surface area contributed by atoms with Crippen molar-refractivity contribution in [2.45, 2.75) is 76.8 Å². The van der Waals surface area contributed by atoms with Crippen LogP contribution in [-0.4, -0.2) is 12.1 Å². The maximum Gasteiger partial charge on any atom is 0.00722 e. The van der Waals surface area contributed by atoms with E-state index in [2.05, 4.69) is 12.2 Å². The van der Waals surface area contributed by atoms with Crippen molar-refractivity contribution in [2.75, 3.05) is 0 Å². The van der Waals surface area contributed by atoms with Crippen LogP contribution in [0, 0.1) is 5.92 Å². The van der Waals surface area contributed by atoms with Gasteiger partial charge in [0.1, 0.15) is 0 Å². The average Bonchev–Trinajstić information content (AvgIpc) is 2.43. The molecular weight excluding hydrogens is 170 g/mol. The molecule has 0 aliphatic heterocycles. The summed E-state index contributed by atoms with van der Waals surface area (Å²) in [5, 5.41) is 3.89. The van der Waals surface area contributed by atoms with Crippen LogP contribution >= 0.6 is 0 Å². The minimum atomic E-state index is 0.854. The fourth-order valence-electron chi connectivity index (χ4n) is 3.14. The molecule has 0 unspecified atom stereocenters. The van der Waals surface area contributed by atoms with Crippen LogP contribution in [0.15, 0.2) is 0 Å². The predicted octanol–water partition coefficient (Wildman–Crippen LogP) is 3.49. The molecule has 82 valence electrons. The smallest absolute Gasteiger partial charge is 0.00722 e. The van der Waals surface area contributed by atoms with Gasteiger partial charge in [0.2, 0.25) is 0 Å². The van der Waals surface area contributed by atoms with Gasteiger partial charge < -0.3 is 5.32 Å². The molecule has 2 rings (SSSR count). The molecule has 14 heavy (non-hydrogen) atoms. The molecule has 0 radical (unpaired) electrons. The number of rotatable bonds is 2. The second-order valence-electron chi connectivity index (χ2n) is 5.47. The van der Waals surface area contributed by atoms with E-state index >= 15 is 0 Å². The van der Waals surface area contributed by atoms with E-state index in [9.17, 15) is 0 Å². The fraction of sp³-hybridized carbons (Fsp3) is 1.00. The number of hydrogen-bond acceptors (Lipinski definition) is 1. The zero-order chi connectivity index (χ0) is 9.80. The molecule has 2 atom stereocenters. The summed E-state index contributed by atoms with van der Waals surface area (Å²) in [6.45, 7) is 2.40.